The van der Waals surface area contributed by atoms with E-state index >= 15 is 0 Å². The van der Waals surface area contributed by atoms with Gasteiger partial charge >= 0.3 is 5.97 Å². The molecular formula is C28H33ClN2O6. The van der Waals surface area contributed by atoms with Gasteiger partial charge < -0.3 is 24.4 Å². The molecule has 0 radical (unpaired) electrons. The minimum absolute atomic E-state index is 0.122. The summed E-state index contributed by atoms with van der Waals surface area (Å²) in [5.41, 5.74) is -1.79. The highest BCUT2D eigenvalue weighted by Gasteiger charge is 2.75. The zero-order chi connectivity index (χ0) is 26.2. The number of esters is 1. The third kappa shape index (κ3) is 4.10. The van der Waals surface area contributed by atoms with E-state index in [9.17, 15) is 14.4 Å². The van der Waals surface area contributed by atoms with Crippen LogP contribution in [-0.2, 0) is 23.9 Å². The molecule has 5 rings (SSSR count). The monoisotopic (exact) mass is 528 g/mol. The Labute approximate surface area is 221 Å². The fourth-order valence-corrected chi connectivity index (χ4v) is 6.71. The van der Waals surface area contributed by atoms with Crippen LogP contribution in [0.2, 0.25) is 5.02 Å². The molecule has 4 heterocycles. The second kappa shape index (κ2) is 10.2. The number of anilines is 1. The number of unbranched alkanes of at least 4 members (excludes halogenated alkanes) is 3. The summed E-state index contributed by atoms with van der Waals surface area (Å²) in [6, 6.07) is 6.18. The molecule has 1 aromatic rings. The Morgan fingerprint density at radius 2 is 1.81 bits per heavy atom. The van der Waals surface area contributed by atoms with Crippen molar-refractivity contribution >= 4 is 35.1 Å². The zero-order valence-electron chi connectivity index (χ0n) is 21.0. The maximum Gasteiger partial charge on any atom is 0.313 e. The van der Waals surface area contributed by atoms with E-state index in [2.05, 4.69) is 0 Å². The molecule has 1 unspecified atom stereocenters. The lowest BCUT2D eigenvalue weighted by molar-refractivity contribution is -0.157. The van der Waals surface area contributed by atoms with Gasteiger partial charge in [-0.1, -0.05) is 61.7 Å². The zero-order valence-corrected chi connectivity index (χ0v) is 21.7. The summed E-state index contributed by atoms with van der Waals surface area (Å²) in [4.78, 5) is 45.0. The lowest BCUT2D eigenvalue weighted by atomic mass is 9.73. The van der Waals surface area contributed by atoms with Crippen LogP contribution in [0.25, 0.3) is 0 Å². The SMILES string of the molecule is CC[C@@]12C=CCOC(=O)[C@@H]1[C@H]1C(=O)N(CCCCCCO)C3C(=O)N(c4ccccc4Cl)CC=C[C@@]31O2. The number of fused-ring (bicyclic) bond motifs is 2. The topological polar surface area (TPSA) is 96.4 Å². The van der Waals surface area contributed by atoms with E-state index in [1.165, 1.54) is 0 Å². The highest BCUT2D eigenvalue weighted by Crippen LogP contribution is 2.58. The number of halogens is 1. The predicted molar refractivity (Wildman–Crippen MR) is 138 cm³/mol. The van der Waals surface area contributed by atoms with Crippen molar-refractivity contribution in [1.82, 2.24) is 4.90 Å². The number of hydrogen-bond acceptors (Lipinski definition) is 6. The molecule has 2 fully saturated rings. The van der Waals surface area contributed by atoms with E-state index < -0.39 is 35.0 Å². The van der Waals surface area contributed by atoms with Crippen LogP contribution in [0, 0.1) is 11.8 Å². The first-order valence-corrected chi connectivity index (χ1v) is 13.5. The number of amides is 2. The van der Waals surface area contributed by atoms with Gasteiger partial charge in [0.25, 0.3) is 5.91 Å². The van der Waals surface area contributed by atoms with Crippen LogP contribution in [-0.4, -0.2) is 71.3 Å². The van der Waals surface area contributed by atoms with Crippen LogP contribution in [0.5, 0.6) is 0 Å². The molecule has 37 heavy (non-hydrogen) atoms. The average molecular weight is 529 g/mol. The van der Waals surface area contributed by atoms with Crippen LogP contribution in [0.15, 0.2) is 48.6 Å². The summed E-state index contributed by atoms with van der Waals surface area (Å²) in [6.07, 6.45) is 10.7. The normalized spacial score (nSPS) is 32.6. The van der Waals surface area contributed by atoms with Crippen LogP contribution >= 0.6 is 11.6 Å². The van der Waals surface area contributed by atoms with Gasteiger partial charge in [-0.15, -0.1) is 0 Å². The van der Waals surface area contributed by atoms with Crippen LogP contribution in [0.4, 0.5) is 5.69 Å². The second-order valence-corrected chi connectivity index (χ2v) is 10.5. The second-order valence-electron chi connectivity index (χ2n) is 10.1. The Kier molecular flexibility index (Phi) is 7.18. The summed E-state index contributed by atoms with van der Waals surface area (Å²) in [7, 11) is 0. The Bertz CT molecular complexity index is 1140. The fraction of sp³-hybridized carbons (Fsp3) is 0.536. The summed E-state index contributed by atoms with van der Waals surface area (Å²) in [5, 5.41) is 9.55. The van der Waals surface area contributed by atoms with Gasteiger partial charge in [0, 0.05) is 19.7 Å². The van der Waals surface area contributed by atoms with Crippen molar-refractivity contribution in [1.29, 1.82) is 0 Å². The Morgan fingerprint density at radius 1 is 1.03 bits per heavy atom. The van der Waals surface area contributed by atoms with Crippen molar-refractivity contribution in [2.45, 2.75) is 56.3 Å². The Balaban J connectivity index is 1.59. The molecule has 1 spiro atoms. The van der Waals surface area contributed by atoms with Gasteiger partial charge in [-0.3, -0.25) is 14.4 Å². The summed E-state index contributed by atoms with van der Waals surface area (Å²) < 4.78 is 12.3. The molecule has 4 aliphatic heterocycles. The smallest absolute Gasteiger partial charge is 0.313 e. The lowest BCUT2D eigenvalue weighted by Crippen LogP contribution is -2.56. The molecule has 198 valence electrons. The number of hydrogen-bond donors (Lipinski definition) is 1. The van der Waals surface area contributed by atoms with Crippen molar-refractivity contribution in [3.05, 3.63) is 53.6 Å². The van der Waals surface area contributed by atoms with Gasteiger partial charge in [0.1, 0.15) is 29.8 Å². The maximum absolute atomic E-state index is 14.3. The van der Waals surface area contributed by atoms with Crippen LogP contribution < -0.4 is 4.90 Å². The van der Waals surface area contributed by atoms with E-state index in [-0.39, 0.29) is 31.6 Å². The van der Waals surface area contributed by atoms with Crippen molar-refractivity contribution in [2.24, 2.45) is 11.8 Å². The Hall–Kier alpha value is -2.68. The quantitative estimate of drug-likeness (QED) is 0.316. The number of para-hydroxylation sites is 1. The minimum Gasteiger partial charge on any atom is -0.461 e. The molecular weight excluding hydrogens is 496 g/mol. The number of aliphatic hydroxyl groups is 1. The molecule has 8 nitrogen and oxygen atoms in total. The predicted octanol–water partition coefficient (Wildman–Crippen LogP) is 3.27. The summed E-state index contributed by atoms with van der Waals surface area (Å²) in [6.45, 7) is 2.78. The van der Waals surface area contributed by atoms with Gasteiger partial charge in [0.2, 0.25) is 5.91 Å². The molecule has 4 aliphatic rings. The molecule has 0 saturated carbocycles. The number of likely N-dealkylation sites (tertiary alicyclic amines) is 1. The van der Waals surface area contributed by atoms with Gasteiger partial charge in [-0.05, 0) is 37.5 Å². The van der Waals surface area contributed by atoms with Crippen molar-refractivity contribution in [3.63, 3.8) is 0 Å². The first-order valence-electron chi connectivity index (χ1n) is 13.1. The number of rotatable bonds is 8. The number of aliphatic hydroxyl groups excluding tert-OH is 1. The molecule has 2 saturated heterocycles. The molecule has 0 bridgehead atoms. The Morgan fingerprint density at radius 3 is 2.57 bits per heavy atom. The number of carbonyl (C=O) groups is 3. The number of benzene rings is 1. The number of cyclic esters (lactones) is 1. The molecule has 0 aromatic heterocycles. The highest BCUT2D eigenvalue weighted by atomic mass is 35.5. The van der Waals surface area contributed by atoms with Crippen LogP contribution in [0.1, 0.15) is 39.0 Å². The maximum atomic E-state index is 14.3. The minimum atomic E-state index is -1.31. The average Bonchev–Trinajstić information content (AvgIpc) is 3.16. The van der Waals surface area contributed by atoms with Crippen LogP contribution in [0.3, 0.4) is 0 Å². The molecule has 9 heteroatoms. The van der Waals surface area contributed by atoms with Gasteiger partial charge in [-0.2, -0.15) is 0 Å². The largest absolute Gasteiger partial charge is 0.461 e. The van der Waals surface area contributed by atoms with E-state index in [0.29, 0.717) is 36.5 Å². The molecule has 1 N–H and O–H groups in total. The van der Waals surface area contributed by atoms with E-state index in [0.717, 1.165) is 12.8 Å². The van der Waals surface area contributed by atoms with Crippen molar-refractivity contribution < 1.29 is 29.0 Å². The molecule has 5 atom stereocenters. The molecule has 2 amide bonds. The number of ether oxygens (including phenoxy) is 2. The molecule has 0 aliphatic carbocycles. The first-order chi connectivity index (χ1) is 17.9. The van der Waals surface area contributed by atoms with Gasteiger partial charge in [0.15, 0.2) is 0 Å². The van der Waals surface area contributed by atoms with Gasteiger partial charge in [0.05, 0.1) is 16.6 Å². The van der Waals surface area contributed by atoms with E-state index in [1.807, 2.05) is 31.2 Å². The van der Waals surface area contributed by atoms with Crippen molar-refractivity contribution in [3.8, 4) is 0 Å². The summed E-state index contributed by atoms with van der Waals surface area (Å²) in [5.74, 6) is -2.76. The fourth-order valence-electron chi connectivity index (χ4n) is 6.47. The first kappa shape index (κ1) is 25.9. The standard InChI is InChI=1S/C28H33ClN2O6/c1-2-27-13-10-18-36-26(35)22(27)21-24(33)31(15-7-3-4-8-17-32)23-25(34)30(16-9-14-28(21,23)37-27)20-12-6-5-11-19(20)29/h5-6,9-14,21-23,32H,2-4,7-8,15-18H2,1H3/t21-,22-,23?,27+,28-/m0/s1. The molecule has 1 aromatic carbocycles. The number of nitrogens with zero attached hydrogens (tertiary/aromatic N) is 2. The van der Waals surface area contributed by atoms with E-state index in [1.54, 1.807) is 34.1 Å². The third-order valence-electron chi connectivity index (χ3n) is 8.15. The third-order valence-corrected chi connectivity index (χ3v) is 8.47. The van der Waals surface area contributed by atoms with E-state index in [4.69, 9.17) is 26.2 Å². The number of carbonyl (C=O) groups excluding carboxylic acids is 3. The lowest BCUT2D eigenvalue weighted by Gasteiger charge is -2.38. The van der Waals surface area contributed by atoms with Gasteiger partial charge in [-0.25, -0.2) is 0 Å². The summed E-state index contributed by atoms with van der Waals surface area (Å²) >= 11 is 6.49. The highest BCUT2D eigenvalue weighted by molar-refractivity contribution is 6.34. The van der Waals surface area contributed by atoms with Crippen molar-refractivity contribution in [2.75, 3.05) is 31.2 Å².